The highest BCUT2D eigenvalue weighted by Gasteiger charge is 2.08. The van der Waals surface area contributed by atoms with Gasteiger partial charge in [0.1, 0.15) is 0 Å². The maximum atomic E-state index is 11.1. The van der Waals surface area contributed by atoms with E-state index in [1.54, 1.807) is 0 Å². The first-order valence-electron chi connectivity index (χ1n) is 14.8. The Morgan fingerprint density at radius 1 is 0.500 bits per heavy atom. The van der Waals surface area contributed by atoms with E-state index in [2.05, 4.69) is 6.92 Å². The lowest BCUT2D eigenvalue weighted by molar-refractivity contribution is -0.149. The third kappa shape index (κ3) is 34.6. The number of carbonyl (C=O) groups excluding carboxylic acids is 2. The number of rotatable bonds is 23. The quantitative estimate of drug-likeness (QED) is 0.108. The van der Waals surface area contributed by atoms with Crippen LogP contribution in [0.15, 0.2) is 0 Å². The number of hydrogen-bond acceptors (Lipinski definition) is 5. The van der Waals surface area contributed by atoms with E-state index in [-0.39, 0.29) is 24.1 Å². The van der Waals surface area contributed by atoms with Gasteiger partial charge < -0.3 is 14.6 Å². The van der Waals surface area contributed by atoms with Gasteiger partial charge in [-0.25, -0.2) is 0 Å². The molecule has 0 atom stereocenters. The second-order valence-electron chi connectivity index (χ2n) is 10.4. The first-order chi connectivity index (χ1) is 17.2. The fourth-order valence-corrected chi connectivity index (χ4v) is 3.83. The molecule has 0 aromatic rings. The van der Waals surface area contributed by atoms with Crippen molar-refractivity contribution in [2.24, 2.45) is 0 Å². The van der Waals surface area contributed by atoms with Crippen LogP contribution >= 0.6 is 0 Å². The molecule has 36 heavy (non-hydrogen) atoms. The average Bonchev–Trinajstić information content (AvgIpc) is 2.78. The second-order valence-corrected chi connectivity index (χ2v) is 10.4. The maximum Gasteiger partial charge on any atom is 0.306 e. The Morgan fingerprint density at radius 2 is 0.778 bits per heavy atom. The van der Waals surface area contributed by atoms with Crippen molar-refractivity contribution >= 4 is 17.9 Å². The van der Waals surface area contributed by atoms with Crippen molar-refractivity contribution in [2.45, 2.75) is 175 Å². The number of ether oxygens (including phenoxy) is 2. The highest BCUT2D eigenvalue weighted by molar-refractivity contribution is 5.70. The Kier molecular flexibility index (Phi) is 28.4. The smallest absolute Gasteiger partial charge is 0.306 e. The van der Waals surface area contributed by atoms with Crippen molar-refractivity contribution in [1.82, 2.24) is 0 Å². The van der Waals surface area contributed by atoms with E-state index in [1.807, 2.05) is 27.7 Å². The van der Waals surface area contributed by atoms with Gasteiger partial charge in [-0.15, -0.1) is 0 Å². The number of esters is 2. The molecule has 0 rings (SSSR count). The molecule has 0 aliphatic carbocycles. The minimum Gasteiger partial charge on any atom is -0.481 e. The second kappa shape index (κ2) is 28.0. The third-order valence-electron chi connectivity index (χ3n) is 5.74. The van der Waals surface area contributed by atoms with E-state index >= 15 is 0 Å². The Hall–Kier alpha value is -1.59. The Morgan fingerprint density at radius 3 is 1.06 bits per heavy atom. The lowest BCUT2D eigenvalue weighted by atomic mass is 10.0. The predicted molar refractivity (Wildman–Crippen MR) is 148 cm³/mol. The van der Waals surface area contributed by atoms with Crippen molar-refractivity contribution in [1.29, 1.82) is 0 Å². The van der Waals surface area contributed by atoms with E-state index < -0.39 is 5.97 Å². The predicted octanol–water partition coefficient (Wildman–Crippen LogP) is 8.78. The molecule has 0 heterocycles. The van der Waals surface area contributed by atoms with Gasteiger partial charge in [-0.1, -0.05) is 96.8 Å². The summed E-state index contributed by atoms with van der Waals surface area (Å²) in [7, 11) is 0. The number of carboxylic acids is 1. The van der Waals surface area contributed by atoms with Crippen molar-refractivity contribution in [3.63, 3.8) is 0 Å². The van der Waals surface area contributed by atoms with Crippen molar-refractivity contribution < 1.29 is 29.0 Å². The van der Waals surface area contributed by atoms with Gasteiger partial charge in [0.15, 0.2) is 0 Å². The molecule has 0 radical (unpaired) electrons. The molecule has 0 saturated carbocycles. The summed E-state index contributed by atoms with van der Waals surface area (Å²) in [5, 5.41) is 8.52. The number of carboxylic acid groups (broad SMARTS) is 1. The number of carbonyl (C=O) groups is 3. The number of aliphatic carboxylic acids is 1. The Balaban J connectivity index is 0. The fourth-order valence-electron chi connectivity index (χ4n) is 3.83. The molecule has 0 bridgehead atoms. The lowest BCUT2D eigenvalue weighted by Gasteiger charge is -2.08. The summed E-state index contributed by atoms with van der Waals surface area (Å²) in [5.74, 6) is -1.06. The summed E-state index contributed by atoms with van der Waals surface area (Å²) in [4.78, 5) is 32.6. The molecular formula is C30H58O6. The zero-order valence-corrected chi connectivity index (χ0v) is 24.3. The molecule has 214 valence electrons. The molecule has 0 spiro atoms. The molecule has 0 saturated heterocycles. The van der Waals surface area contributed by atoms with E-state index in [1.165, 1.54) is 83.5 Å². The van der Waals surface area contributed by atoms with E-state index in [0.717, 1.165) is 12.8 Å². The minimum absolute atomic E-state index is 0.0709. The van der Waals surface area contributed by atoms with Gasteiger partial charge in [0, 0.05) is 19.3 Å². The maximum absolute atomic E-state index is 11.1. The van der Waals surface area contributed by atoms with Gasteiger partial charge in [-0.2, -0.15) is 0 Å². The first kappa shape index (κ1) is 36.6. The summed E-state index contributed by atoms with van der Waals surface area (Å²) >= 11 is 0. The minimum atomic E-state index is -0.653. The topological polar surface area (TPSA) is 89.9 Å². The van der Waals surface area contributed by atoms with E-state index in [4.69, 9.17) is 14.6 Å². The van der Waals surface area contributed by atoms with Gasteiger partial charge in [0.25, 0.3) is 0 Å². The molecule has 1 N–H and O–H groups in total. The zero-order chi connectivity index (χ0) is 27.4. The van der Waals surface area contributed by atoms with Crippen LogP contribution in [-0.2, 0) is 23.9 Å². The number of unbranched alkanes of at least 4 members (excludes halogenated alkanes) is 15. The van der Waals surface area contributed by atoms with Crippen LogP contribution in [0.1, 0.15) is 163 Å². The molecule has 6 nitrogen and oxygen atoms in total. The molecule has 0 aliphatic rings. The zero-order valence-electron chi connectivity index (χ0n) is 24.3. The van der Waals surface area contributed by atoms with Crippen LogP contribution in [0, 0.1) is 0 Å². The molecule has 0 fully saturated rings. The van der Waals surface area contributed by atoms with Gasteiger partial charge in [-0.3, -0.25) is 14.4 Å². The van der Waals surface area contributed by atoms with Crippen LogP contribution in [-0.4, -0.2) is 35.2 Å². The van der Waals surface area contributed by atoms with Gasteiger partial charge in [0.05, 0.1) is 12.2 Å². The van der Waals surface area contributed by atoms with Gasteiger partial charge in [0.2, 0.25) is 0 Å². The fraction of sp³-hybridized carbons (Fsp3) is 0.900. The summed E-state index contributed by atoms with van der Waals surface area (Å²) in [6, 6.07) is 0. The van der Waals surface area contributed by atoms with Crippen molar-refractivity contribution in [3.8, 4) is 0 Å². The summed E-state index contributed by atoms with van der Waals surface area (Å²) in [6.45, 7) is 9.54. The van der Waals surface area contributed by atoms with Crippen molar-refractivity contribution in [2.75, 3.05) is 0 Å². The Bertz CT molecular complexity index is 492. The first-order valence-corrected chi connectivity index (χ1v) is 14.8. The van der Waals surface area contributed by atoms with Crippen LogP contribution in [0.5, 0.6) is 0 Å². The number of hydrogen-bond donors (Lipinski definition) is 1. The van der Waals surface area contributed by atoms with Gasteiger partial charge >= 0.3 is 17.9 Å². The summed E-state index contributed by atoms with van der Waals surface area (Å²) < 4.78 is 9.93. The molecule has 0 unspecified atom stereocenters. The lowest BCUT2D eigenvalue weighted by Crippen LogP contribution is -2.12. The molecule has 0 aromatic heterocycles. The van der Waals surface area contributed by atoms with E-state index in [0.29, 0.717) is 32.1 Å². The molecule has 0 amide bonds. The largest absolute Gasteiger partial charge is 0.481 e. The average molecular weight is 515 g/mol. The third-order valence-corrected chi connectivity index (χ3v) is 5.74. The molecule has 0 aliphatic heterocycles. The highest BCUT2D eigenvalue weighted by Crippen LogP contribution is 2.13. The van der Waals surface area contributed by atoms with E-state index in [9.17, 15) is 14.4 Å². The summed E-state index contributed by atoms with van der Waals surface area (Å²) in [5.41, 5.74) is 0. The SMILES string of the molecule is CC(C)OC(=O)CCCCC(=O)OC(C)C.CCCCCCCCCCCCCCCCCC(=O)O. The van der Waals surface area contributed by atoms with Gasteiger partial charge in [-0.05, 0) is 47.0 Å². The van der Waals surface area contributed by atoms with Crippen LogP contribution in [0.3, 0.4) is 0 Å². The standard InChI is InChI=1S/C18H36O2.C12H22O4/c1-2-3-4-5-6-7-8-9-10-11-12-13-14-15-16-17-18(19)20;1-9(2)15-11(13)7-5-6-8-12(14)16-10(3)4/h2-17H2,1H3,(H,19,20);9-10H,5-8H2,1-4H3. The molecular weight excluding hydrogens is 456 g/mol. The summed E-state index contributed by atoms with van der Waals surface area (Å²) in [6.07, 6.45) is 22.1. The van der Waals surface area contributed by atoms with Crippen molar-refractivity contribution in [3.05, 3.63) is 0 Å². The Labute approximate surface area is 222 Å². The van der Waals surface area contributed by atoms with Crippen LogP contribution in [0.4, 0.5) is 0 Å². The van der Waals surface area contributed by atoms with Crippen LogP contribution in [0.2, 0.25) is 0 Å². The normalized spacial score (nSPS) is 10.8. The molecule has 6 heteroatoms. The van der Waals surface area contributed by atoms with Crippen LogP contribution < -0.4 is 0 Å². The monoisotopic (exact) mass is 514 g/mol. The van der Waals surface area contributed by atoms with Crippen LogP contribution in [0.25, 0.3) is 0 Å². The highest BCUT2D eigenvalue weighted by atomic mass is 16.5. The molecule has 0 aromatic carbocycles.